The molecule has 0 aliphatic carbocycles. The summed E-state index contributed by atoms with van der Waals surface area (Å²) in [6.45, 7) is 7.52. The molecular formula is C7H18N2O. The number of nitrogens with one attached hydrogen (secondary N) is 1. The normalized spacial score (nSPS) is 18.6. The number of nitrogens with two attached hydrogens (primary N) is 1. The summed E-state index contributed by atoms with van der Waals surface area (Å²) in [7, 11) is 0. The van der Waals surface area contributed by atoms with E-state index in [1.165, 1.54) is 0 Å². The van der Waals surface area contributed by atoms with E-state index in [0.717, 1.165) is 0 Å². The van der Waals surface area contributed by atoms with Crippen LogP contribution in [-0.2, 0) is 0 Å². The van der Waals surface area contributed by atoms with E-state index in [-0.39, 0.29) is 11.6 Å². The Kier molecular flexibility index (Phi) is 3.28. The Bertz CT molecular complexity index is 99.8. The first-order chi connectivity index (χ1) is 4.36. The Morgan fingerprint density at radius 3 is 1.90 bits per heavy atom. The molecule has 3 heteroatoms. The summed E-state index contributed by atoms with van der Waals surface area (Å²) >= 11 is 0. The van der Waals surface area contributed by atoms with Crippen molar-refractivity contribution < 1.29 is 5.11 Å². The quantitative estimate of drug-likeness (QED) is 0.493. The molecule has 0 saturated heterocycles. The SMILES string of the molecule is CC(O)NC(C)(C)C(C)N. The van der Waals surface area contributed by atoms with Crippen molar-refractivity contribution in [3.63, 3.8) is 0 Å². The highest BCUT2D eigenvalue weighted by molar-refractivity contribution is 4.86. The number of hydrogen-bond donors (Lipinski definition) is 3. The van der Waals surface area contributed by atoms with Crippen LogP contribution >= 0.6 is 0 Å². The fraction of sp³-hybridized carbons (Fsp3) is 1.00. The molecule has 0 bridgehead atoms. The van der Waals surface area contributed by atoms with Gasteiger partial charge in [0.1, 0.15) is 6.23 Å². The van der Waals surface area contributed by atoms with Gasteiger partial charge in [0.05, 0.1) is 0 Å². The molecule has 0 aromatic heterocycles. The van der Waals surface area contributed by atoms with Crippen molar-refractivity contribution in [1.29, 1.82) is 0 Å². The molecule has 0 fully saturated rings. The summed E-state index contributed by atoms with van der Waals surface area (Å²) in [5.41, 5.74) is 5.44. The van der Waals surface area contributed by atoms with Gasteiger partial charge in [0, 0.05) is 11.6 Å². The standard InChI is InChI=1S/C7H18N2O/c1-5(8)7(3,4)9-6(2)10/h5-6,9-10H,8H2,1-4H3. The molecule has 2 atom stereocenters. The van der Waals surface area contributed by atoms with E-state index in [1.807, 2.05) is 20.8 Å². The summed E-state index contributed by atoms with van der Waals surface area (Å²) in [4.78, 5) is 0. The first kappa shape index (κ1) is 9.88. The lowest BCUT2D eigenvalue weighted by Crippen LogP contribution is -2.55. The van der Waals surface area contributed by atoms with Crippen molar-refractivity contribution in [2.24, 2.45) is 5.73 Å². The van der Waals surface area contributed by atoms with Gasteiger partial charge in [-0.15, -0.1) is 0 Å². The highest BCUT2D eigenvalue weighted by Gasteiger charge is 2.23. The molecule has 0 rings (SSSR count). The number of aliphatic hydroxyl groups is 1. The van der Waals surface area contributed by atoms with Gasteiger partial charge < -0.3 is 10.8 Å². The minimum Gasteiger partial charge on any atom is -0.379 e. The highest BCUT2D eigenvalue weighted by Crippen LogP contribution is 2.06. The van der Waals surface area contributed by atoms with Crippen LogP contribution in [0.5, 0.6) is 0 Å². The minimum atomic E-state index is -0.499. The molecule has 62 valence electrons. The van der Waals surface area contributed by atoms with Crippen molar-refractivity contribution >= 4 is 0 Å². The van der Waals surface area contributed by atoms with E-state index in [4.69, 9.17) is 10.8 Å². The van der Waals surface area contributed by atoms with Crippen molar-refractivity contribution in [3.05, 3.63) is 0 Å². The molecule has 10 heavy (non-hydrogen) atoms. The minimum absolute atomic E-state index is 0.0297. The Balaban J connectivity index is 3.87. The van der Waals surface area contributed by atoms with Crippen LogP contribution in [-0.4, -0.2) is 22.9 Å². The summed E-state index contributed by atoms with van der Waals surface area (Å²) in [5, 5.41) is 11.9. The summed E-state index contributed by atoms with van der Waals surface area (Å²) in [5.74, 6) is 0. The monoisotopic (exact) mass is 146 g/mol. The summed E-state index contributed by atoms with van der Waals surface area (Å²) in [6, 6.07) is 0.0297. The van der Waals surface area contributed by atoms with E-state index >= 15 is 0 Å². The molecule has 0 aromatic rings. The molecule has 3 nitrogen and oxygen atoms in total. The van der Waals surface area contributed by atoms with Crippen molar-refractivity contribution in [3.8, 4) is 0 Å². The van der Waals surface area contributed by atoms with Crippen molar-refractivity contribution in [2.75, 3.05) is 0 Å². The second-order valence-electron chi connectivity index (χ2n) is 3.33. The van der Waals surface area contributed by atoms with Crippen LogP contribution in [0.25, 0.3) is 0 Å². The third-order valence-corrected chi connectivity index (χ3v) is 1.72. The molecule has 2 unspecified atom stereocenters. The first-order valence-corrected chi connectivity index (χ1v) is 3.57. The van der Waals surface area contributed by atoms with Gasteiger partial charge in [-0.05, 0) is 27.7 Å². The second kappa shape index (κ2) is 3.32. The molecule has 0 radical (unpaired) electrons. The molecule has 0 saturated carbocycles. The molecule has 4 N–H and O–H groups in total. The van der Waals surface area contributed by atoms with Crippen LogP contribution < -0.4 is 11.1 Å². The maximum absolute atomic E-state index is 8.97. The summed E-state index contributed by atoms with van der Waals surface area (Å²) < 4.78 is 0. The zero-order valence-corrected chi connectivity index (χ0v) is 7.18. The molecule has 0 heterocycles. The average molecular weight is 146 g/mol. The van der Waals surface area contributed by atoms with Gasteiger partial charge in [0.2, 0.25) is 0 Å². The topological polar surface area (TPSA) is 58.3 Å². The van der Waals surface area contributed by atoms with Gasteiger partial charge in [-0.3, -0.25) is 5.32 Å². The molecule has 0 aliphatic rings. The van der Waals surface area contributed by atoms with Crippen molar-refractivity contribution in [1.82, 2.24) is 5.32 Å². The number of rotatable bonds is 3. The maximum atomic E-state index is 8.97. The Labute approximate surface area is 62.6 Å². The van der Waals surface area contributed by atoms with Crippen molar-refractivity contribution in [2.45, 2.75) is 45.5 Å². The predicted octanol–water partition coefficient (Wildman–Crippen LogP) is 0.0401. The molecule has 0 aromatic carbocycles. The maximum Gasteiger partial charge on any atom is 0.102 e. The number of aliphatic hydroxyl groups excluding tert-OH is 1. The lowest BCUT2D eigenvalue weighted by Gasteiger charge is -2.31. The Morgan fingerprint density at radius 1 is 1.40 bits per heavy atom. The molecule has 0 aliphatic heterocycles. The van der Waals surface area contributed by atoms with E-state index in [9.17, 15) is 0 Å². The third-order valence-electron chi connectivity index (χ3n) is 1.72. The Morgan fingerprint density at radius 2 is 1.80 bits per heavy atom. The first-order valence-electron chi connectivity index (χ1n) is 3.57. The zero-order valence-electron chi connectivity index (χ0n) is 7.18. The second-order valence-corrected chi connectivity index (χ2v) is 3.33. The van der Waals surface area contributed by atoms with Crippen LogP contribution in [0.4, 0.5) is 0 Å². The fourth-order valence-corrected chi connectivity index (χ4v) is 0.670. The van der Waals surface area contributed by atoms with Gasteiger partial charge in [-0.25, -0.2) is 0 Å². The van der Waals surface area contributed by atoms with E-state index < -0.39 is 6.23 Å². The van der Waals surface area contributed by atoms with Crippen LogP contribution in [0.2, 0.25) is 0 Å². The Hall–Kier alpha value is -0.120. The third kappa shape index (κ3) is 3.15. The van der Waals surface area contributed by atoms with Gasteiger partial charge in [0.25, 0.3) is 0 Å². The zero-order chi connectivity index (χ0) is 8.36. The fourth-order valence-electron chi connectivity index (χ4n) is 0.670. The number of hydrogen-bond acceptors (Lipinski definition) is 3. The average Bonchev–Trinajstić information content (AvgIpc) is 1.60. The van der Waals surface area contributed by atoms with Crippen LogP contribution in [0.15, 0.2) is 0 Å². The predicted molar refractivity (Wildman–Crippen MR) is 42.5 cm³/mol. The highest BCUT2D eigenvalue weighted by atomic mass is 16.3. The van der Waals surface area contributed by atoms with E-state index in [1.54, 1.807) is 6.92 Å². The van der Waals surface area contributed by atoms with Gasteiger partial charge in [-0.2, -0.15) is 0 Å². The molecular weight excluding hydrogens is 128 g/mol. The van der Waals surface area contributed by atoms with Crippen LogP contribution in [0.3, 0.4) is 0 Å². The van der Waals surface area contributed by atoms with E-state index in [2.05, 4.69) is 5.32 Å². The van der Waals surface area contributed by atoms with Crippen LogP contribution in [0.1, 0.15) is 27.7 Å². The largest absolute Gasteiger partial charge is 0.379 e. The lowest BCUT2D eigenvalue weighted by atomic mass is 9.97. The lowest BCUT2D eigenvalue weighted by molar-refractivity contribution is 0.110. The summed E-state index contributed by atoms with van der Waals surface area (Å²) in [6.07, 6.45) is -0.499. The smallest absolute Gasteiger partial charge is 0.102 e. The van der Waals surface area contributed by atoms with Gasteiger partial charge in [-0.1, -0.05) is 0 Å². The molecule has 0 amide bonds. The van der Waals surface area contributed by atoms with Gasteiger partial charge in [0.15, 0.2) is 0 Å². The van der Waals surface area contributed by atoms with Crippen LogP contribution in [0, 0.1) is 0 Å². The van der Waals surface area contributed by atoms with Gasteiger partial charge >= 0.3 is 0 Å². The van der Waals surface area contributed by atoms with E-state index in [0.29, 0.717) is 0 Å². The molecule has 0 spiro atoms.